The molecule has 5 rings (SSSR count). The molecule has 13 heteroatoms. The summed E-state index contributed by atoms with van der Waals surface area (Å²) in [6, 6.07) is 4.59. The van der Waals surface area contributed by atoms with Crippen LogP contribution in [0.1, 0.15) is 43.1 Å². The Morgan fingerprint density at radius 3 is 2.65 bits per heavy atom. The van der Waals surface area contributed by atoms with Crippen LogP contribution in [-0.4, -0.2) is 59.8 Å². The number of nitrogens with zero attached hydrogens (tertiary/aromatic N) is 6. The molecule has 1 saturated heterocycles. The van der Waals surface area contributed by atoms with Gasteiger partial charge in [-0.1, -0.05) is 32.4 Å². The number of likely N-dealkylation sites (tertiary alicyclic amines) is 1. The molecule has 0 unspecified atom stereocenters. The lowest BCUT2D eigenvalue weighted by molar-refractivity contribution is 0.0819. The van der Waals surface area contributed by atoms with Gasteiger partial charge in [-0.25, -0.2) is 19.4 Å². The van der Waals surface area contributed by atoms with Crippen LogP contribution in [0.4, 0.5) is 16.6 Å². The van der Waals surface area contributed by atoms with E-state index in [0.717, 1.165) is 0 Å². The Hall–Kier alpha value is -3.93. The molecule has 1 fully saturated rings. The van der Waals surface area contributed by atoms with Gasteiger partial charge in [-0.15, -0.1) is 0 Å². The summed E-state index contributed by atoms with van der Waals surface area (Å²) in [5, 5.41) is 17.0. The number of rotatable bonds is 3. The number of fused-ring (bicyclic) bond motifs is 2. The van der Waals surface area contributed by atoms with E-state index in [1.165, 1.54) is 4.90 Å². The van der Waals surface area contributed by atoms with Crippen LogP contribution in [-0.2, 0) is 5.41 Å². The molecule has 176 valence electrons. The maximum absolute atomic E-state index is 13.2. The van der Waals surface area contributed by atoms with Crippen molar-refractivity contribution in [1.29, 1.82) is 0 Å². The zero-order valence-electron chi connectivity index (χ0n) is 18.5. The second-order valence-electron chi connectivity index (χ2n) is 9.10. The van der Waals surface area contributed by atoms with Crippen LogP contribution in [0.15, 0.2) is 22.6 Å². The highest BCUT2D eigenvalue weighted by atomic mass is 35.5. The topological polar surface area (TPSA) is 165 Å². The second-order valence-corrected chi connectivity index (χ2v) is 9.54. The number of hydrogen-bond donors (Lipinski definition) is 3. The van der Waals surface area contributed by atoms with E-state index in [4.69, 9.17) is 21.8 Å². The van der Waals surface area contributed by atoms with Gasteiger partial charge < -0.3 is 20.2 Å². The van der Waals surface area contributed by atoms with Gasteiger partial charge in [0.15, 0.2) is 16.9 Å². The Kier molecular flexibility index (Phi) is 4.86. The maximum atomic E-state index is 13.2. The fourth-order valence-corrected chi connectivity index (χ4v) is 3.86. The number of carboxylic acid groups (broad SMARTS) is 1. The molecule has 4 heterocycles. The van der Waals surface area contributed by atoms with Crippen molar-refractivity contribution in [2.75, 3.05) is 24.1 Å². The van der Waals surface area contributed by atoms with Gasteiger partial charge in [-0.3, -0.25) is 10.1 Å². The first-order chi connectivity index (χ1) is 16.0. The van der Waals surface area contributed by atoms with Crippen LogP contribution >= 0.6 is 11.6 Å². The molecule has 2 amide bonds. The first-order valence-corrected chi connectivity index (χ1v) is 10.8. The van der Waals surface area contributed by atoms with E-state index in [2.05, 4.69) is 25.4 Å². The van der Waals surface area contributed by atoms with E-state index in [0.29, 0.717) is 27.6 Å². The van der Waals surface area contributed by atoms with Gasteiger partial charge in [0.05, 0.1) is 11.4 Å². The zero-order valence-corrected chi connectivity index (χ0v) is 19.3. The van der Waals surface area contributed by atoms with Crippen LogP contribution in [0.25, 0.3) is 22.1 Å². The minimum atomic E-state index is -1.02. The van der Waals surface area contributed by atoms with Gasteiger partial charge in [0, 0.05) is 23.5 Å². The van der Waals surface area contributed by atoms with E-state index >= 15 is 0 Å². The zero-order chi connectivity index (χ0) is 24.4. The molecule has 1 aliphatic heterocycles. The first-order valence-electron chi connectivity index (χ1n) is 10.4. The van der Waals surface area contributed by atoms with Crippen molar-refractivity contribution in [3.63, 3.8) is 0 Å². The standard InChI is InChI=1S/C21H21ClN8O4/c1-21(2,3)18-25-15(23)13-14(28-30(16(13)26-18)10-7-29(8-10)20(32)33)17(31)27-19-24-11-6-9(22)4-5-12(11)34-19/h4-6,10H,7-8H2,1-3H3,(H,32,33)(H2,23,25,26)(H,24,27,31). The predicted octanol–water partition coefficient (Wildman–Crippen LogP) is 3.29. The molecule has 0 bridgehead atoms. The number of aromatic nitrogens is 5. The maximum Gasteiger partial charge on any atom is 0.407 e. The molecule has 0 atom stereocenters. The van der Waals surface area contributed by atoms with Crippen LogP contribution < -0.4 is 11.1 Å². The number of benzene rings is 1. The molecule has 4 aromatic rings. The molecular weight excluding hydrogens is 464 g/mol. The normalized spacial score (nSPS) is 14.5. The third-order valence-corrected chi connectivity index (χ3v) is 5.75. The van der Waals surface area contributed by atoms with Crippen LogP contribution in [0, 0.1) is 0 Å². The summed E-state index contributed by atoms with van der Waals surface area (Å²) < 4.78 is 7.12. The third kappa shape index (κ3) is 3.65. The lowest BCUT2D eigenvalue weighted by Gasteiger charge is -2.37. The molecule has 1 aliphatic rings. The van der Waals surface area contributed by atoms with E-state index in [1.807, 2.05) is 20.8 Å². The van der Waals surface area contributed by atoms with Crippen molar-refractivity contribution in [1.82, 2.24) is 29.6 Å². The average Bonchev–Trinajstić information content (AvgIpc) is 3.27. The Labute approximate surface area is 197 Å². The van der Waals surface area contributed by atoms with Gasteiger partial charge in [0.25, 0.3) is 5.91 Å². The fraction of sp³-hybridized carbons (Fsp3) is 0.333. The van der Waals surface area contributed by atoms with Gasteiger partial charge in [0.2, 0.25) is 0 Å². The quantitative estimate of drug-likeness (QED) is 0.395. The fourth-order valence-electron chi connectivity index (χ4n) is 3.69. The number of nitrogens with one attached hydrogen (secondary N) is 1. The summed E-state index contributed by atoms with van der Waals surface area (Å²) in [5.41, 5.74) is 7.15. The van der Waals surface area contributed by atoms with Crippen LogP contribution in [0.2, 0.25) is 5.02 Å². The highest BCUT2D eigenvalue weighted by Gasteiger charge is 2.36. The monoisotopic (exact) mass is 484 g/mol. The number of carbonyl (C=O) groups excluding carboxylic acids is 1. The summed E-state index contributed by atoms with van der Waals surface area (Å²) in [5.74, 6) is -0.0319. The van der Waals surface area contributed by atoms with Gasteiger partial charge in [-0.05, 0) is 18.2 Å². The van der Waals surface area contributed by atoms with Crippen LogP contribution in [0.3, 0.4) is 0 Å². The van der Waals surface area contributed by atoms with E-state index in [1.54, 1.807) is 22.9 Å². The average molecular weight is 485 g/mol. The number of anilines is 2. The SMILES string of the molecule is CC(C)(C)c1nc(N)c2c(C(=O)Nc3nc4cc(Cl)ccc4o3)nn(C3CN(C(=O)O)C3)c2n1. The number of carbonyl (C=O) groups is 2. The van der Waals surface area contributed by atoms with Gasteiger partial charge in [-0.2, -0.15) is 10.1 Å². The number of halogens is 1. The minimum Gasteiger partial charge on any atom is -0.465 e. The lowest BCUT2D eigenvalue weighted by atomic mass is 9.95. The second kappa shape index (κ2) is 7.55. The van der Waals surface area contributed by atoms with Gasteiger partial charge in [0.1, 0.15) is 17.2 Å². The highest BCUT2D eigenvalue weighted by Crippen LogP contribution is 2.32. The predicted molar refractivity (Wildman–Crippen MR) is 124 cm³/mol. The molecule has 0 spiro atoms. The third-order valence-electron chi connectivity index (χ3n) is 5.51. The van der Waals surface area contributed by atoms with Crippen molar-refractivity contribution in [2.45, 2.75) is 32.2 Å². The summed E-state index contributed by atoms with van der Waals surface area (Å²) in [7, 11) is 0. The molecule has 34 heavy (non-hydrogen) atoms. The van der Waals surface area contributed by atoms with Gasteiger partial charge >= 0.3 is 12.1 Å². The summed E-state index contributed by atoms with van der Waals surface area (Å²) in [6.07, 6.45) is -1.02. The van der Waals surface area contributed by atoms with Crippen molar-refractivity contribution in [3.8, 4) is 0 Å². The molecule has 0 radical (unpaired) electrons. The van der Waals surface area contributed by atoms with Crippen LogP contribution in [0.5, 0.6) is 0 Å². The molecule has 0 aliphatic carbocycles. The van der Waals surface area contributed by atoms with Crippen molar-refractivity contribution in [2.24, 2.45) is 0 Å². The number of nitrogen functional groups attached to an aromatic ring is 1. The summed E-state index contributed by atoms with van der Waals surface area (Å²) in [6.45, 7) is 6.26. The highest BCUT2D eigenvalue weighted by molar-refractivity contribution is 6.31. The summed E-state index contributed by atoms with van der Waals surface area (Å²) in [4.78, 5) is 39.0. The number of hydrogen-bond acceptors (Lipinski definition) is 8. The Morgan fingerprint density at radius 1 is 1.24 bits per heavy atom. The minimum absolute atomic E-state index is 0.0120. The number of oxazole rings is 1. The largest absolute Gasteiger partial charge is 0.465 e. The number of amides is 2. The first kappa shape index (κ1) is 21.9. The smallest absolute Gasteiger partial charge is 0.407 e. The van der Waals surface area contributed by atoms with Crippen molar-refractivity contribution < 1.29 is 19.1 Å². The summed E-state index contributed by atoms with van der Waals surface area (Å²) >= 11 is 5.99. The molecular formula is C21H21ClN8O4. The van der Waals surface area contributed by atoms with E-state index < -0.39 is 17.4 Å². The Balaban J connectivity index is 1.56. The lowest BCUT2D eigenvalue weighted by Crippen LogP contribution is -2.50. The van der Waals surface area contributed by atoms with E-state index in [9.17, 15) is 14.7 Å². The van der Waals surface area contributed by atoms with E-state index in [-0.39, 0.29) is 42.0 Å². The molecule has 1 aromatic carbocycles. The number of nitrogens with two attached hydrogens (primary N) is 1. The molecule has 3 aromatic heterocycles. The Bertz CT molecular complexity index is 1470. The van der Waals surface area contributed by atoms with Crippen molar-refractivity contribution in [3.05, 3.63) is 34.7 Å². The molecule has 4 N–H and O–H groups in total. The Morgan fingerprint density at radius 2 is 1.97 bits per heavy atom. The van der Waals surface area contributed by atoms with Crippen molar-refractivity contribution >= 4 is 57.6 Å². The molecule has 12 nitrogen and oxygen atoms in total. The molecule has 0 saturated carbocycles.